The Bertz CT molecular complexity index is 752. The Morgan fingerprint density at radius 2 is 2.35 bits per heavy atom. The lowest BCUT2D eigenvalue weighted by molar-refractivity contribution is 0.0467. The van der Waals surface area contributed by atoms with Crippen molar-refractivity contribution < 1.29 is 9.53 Å². The van der Waals surface area contributed by atoms with E-state index in [2.05, 4.69) is 20.9 Å². The molecule has 0 saturated heterocycles. The molecule has 0 aliphatic carbocycles. The first-order chi connectivity index (χ1) is 9.63. The molecule has 0 aliphatic heterocycles. The summed E-state index contributed by atoms with van der Waals surface area (Å²) in [4.78, 5) is 17.2. The van der Waals surface area contributed by atoms with Gasteiger partial charge in [-0.15, -0.1) is 11.3 Å². The summed E-state index contributed by atoms with van der Waals surface area (Å²) in [6.07, 6.45) is 3.75. The predicted molar refractivity (Wildman–Crippen MR) is 80.7 cm³/mol. The third-order valence-corrected chi connectivity index (χ3v) is 4.17. The summed E-state index contributed by atoms with van der Waals surface area (Å²) in [5, 5.41) is 1.95. The van der Waals surface area contributed by atoms with Gasteiger partial charge in [0.15, 0.2) is 4.96 Å². The minimum Gasteiger partial charge on any atom is -0.455 e. The molecule has 0 unspecified atom stereocenters. The molecule has 2 aromatic heterocycles. The first-order valence-corrected chi connectivity index (χ1v) is 7.44. The lowest BCUT2D eigenvalue weighted by atomic mass is 10.2. The summed E-state index contributed by atoms with van der Waals surface area (Å²) in [6.45, 7) is 0.133. The molecular formula is C13H10BrN3O2S. The van der Waals surface area contributed by atoms with E-state index < -0.39 is 5.97 Å². The van der Waals surface area contributed by atoms with E-state index in [0.717, 1.165) is 4.96 Å². The van der Waals surface area contributed by atoms with Crippen LogP contribution in [-0.4, -0.2) is 15.4 Å². The molecule has 0 radical (unpaired) electrons. The second kappa shape index (κ2) is 5.26. The molecule has 102 valence electrons. The summed E-state index contributed by atoms with van der Waals surface area (Å²) in [7, 11) is 0. The van der Waals surface area contributed by atoms with Crippen LogP contribution in [0.5, 0.6) is 0 Å². The minimum atomic E-state index is -0.430. The lowest BCUT2D eigenvalue weighted by Crippen LogP contribution is -2.07. The largest absolute Gasteiger partial charge is 0.455 e. The van der Waals surface area contributed by atoms with Crippen LogP contribution in [0.4, 0.5) is 5.69 Å². The van der Waals surface area contributed by atoms with E-state index in [4.69, 9.17) is 10.5 Å². The van der Waals surface area contributed by atoms with Crippen LogP contribution >= 0.6 is 27.3 Å². The molecule has 0 bridgehead atoms. The van der Waals surface area contributed by atoms with Crippen LogP contribution in [0.3, 0.4) is 0 Å². The zero-order chi connectivity index (χ0) is 14.1. The number of hydrogen-bond acceptors (Lipinski definition) is 5. The summed E-state index contributed by atoms with van der Waals surface area (Å²) >= 11 is 4.84. The molecule has 5 nitrogen and oxygen atoms in total. The molecule has 1 aromatic carbocycles. The fraction of sp³-hybridized carbons (Fsp3) is 0.0769. The number of benzene rings is 1. The molecular weight excluding hydrogens is 342 g/mol. The number of imidazole rings is 1. The van der Waals surface area contributed by atoms with Crippen molar-refractivity contribution in [2.75, 3.05) is 5.73 Å². The number of nitrogen functional groups attached to an aromatic ring is 1. The van der Waals surface area contributed by atoms with E-state index in [9.17, 15) is 4.79 Å². The first kappa shape index (κ1) is 13.1. The number of halogens is 1. The fourth-order valence-corrected chi connectivity index (χ4v) is 2.89. The maximum atomic E-state index is 12.0. The number of esters is 1. The van der Waals surface area contributed by atoms with Gasteiger partial charge in [0.05, 0.1) is 11.3 Å². The number of hydrogen-bond donors (Lipinski definition) is 1. The minimum absolute atomic E-state index is 0.133. The van der Waals surface area contributed by atoms with Gasteiger partial charge >= 0.3 is 5.97 Å². The maximum Gasteiger partial charge on any atom is 0.339 e. The number of carbonyl (C=O) groups is 1. The second-order valence-electron chi connectivity index (χ2n) is 4.14. The smallest absolute Gasteiger partial charge is 0.339 e. The highest BCUT2D eigenvalue weighted by Crippen LogP contribution is 2.21. The molecule has 7 heteroatoms. The molecule has 0 fully saturated rings. The van der Waals surface area contributed by atoms with Gasteiger partial charge in [-0.1, -0.05) is 0 Å². The average Bonchev–Trinajstić information content (AvgIpc) is 2.99. The standard InChI is InChI=1S/C13H10BrN3O2S/c14-11-2-1-8(15)5-10(11)12(18)19-7-9-6-17-3-4-20-13(17)16-9/h1-6H,7,15H2. The lowest BCUT2D eigenvalue weighted by Gasteiger charge is -2.05. The third-order valence-electron chi connectivity index (χ3n) is 2.70. The monoisotopic (exact) mass is 351 g/mol. The Kier molecular flexibility index (Phi) is 3.45. The third kappa shape index (κ3) is 2.54. The van der Waals surface area contributed by atoms with Crippen molar-refractivity contribution in [2.45, 2.75) is 6.61 Å². The van der Waals surface area contributed by atoms with Crippen molar-refractivity contribution in [3.8, 4) is 0 Å². The summed E-state index contributed by atoms with van der Waals surface area (Å²) < 4.78 is 7.80. The highest BCUT2D eigenvalue weighted by Gasteiger charge is 2.13. The number of rotatable bonds is 3. The van der Waals surface area contributed by atoms with Gasteiger partial charge in [-0.2, -0.15) is 0 Å². The molecule has 3 rings (SSSR count). The number of ether oxygens (including phenoxy) is 1. The Balaban J connectivity index is 1.73. The van der Waals surface area contributed by atoms with Gasteiger partial charge in [0.1, 0.15) is 6.61 Å². The highest BCUT2D eigenvalue weighted by atomic mass is 79.9. The molecule has 0 saturated carbocycles. The zero-order valence-corrected chi connectivity index (χ0v) is 12.6. The molecule has 0 aliphatic rings. The van der Waals surface area contributed by atoms with Crippen LogP contribution in [0.15, 0.2) is 40.4 Å². The van der Waals surface area contributed by atoms with Gasteiger partial charge < -0.3 is 10.5 Å². The summed E-state index contributed by atoms with van der Waals surface area (Å²) in [6, 6.07) is 5.01. The topological polar surface area (TPSA) is 69.6 Å². The number of aromatic nitrogens is 2. The van der Waals surface area contributed by atoms with E-state index in [1.165, 1.54) is 11.3 Å². The van der Waals surface area contributed by atoms with E-state index >= 15 is 0 Å². The Morgan fingerprint density at radius 3 is 3.15 bits per heavy atom. The van der Waals surface area contributed by atoms with Gasteiger partial charge in [-0.05, 0) is 34.1 Å². The quantitative estimate of drug-likeness (QED) is 0.581. The van der Waals surface area contributed by atoms with Crippen LogP contribution in [0.2, 0.25) is 0 Å². The number of thiazole rings is 1. The van der Waals surface area contributed by atoms with Gasteiger partial charge in [0.2, 0.25) is 0 Å². The SMILES string of the molecule is Nc1ccc(Br)c(C(=O)OCc2cn3ccsc3n2)c1. The van der Waals surface area contributed by atoms with Gasteiger partial charge in [-0.3, -0.25) is 4.40 Å². The average molecular weight is 352 g/mol. The zero-order valence-electron chi connectivity index (χ0n) is 10.2. The van der Waals surface area contributed by atoms with E-state index in [1.54, 1.807) is 18.2 Å². The normalized spacial score (nSPS) is 10.8. The van der Waals surface area contributed by atoms with Crippen molar-refractivity contribution in [1.82, 2.24) is 9.38 Å². The van der Waals surface area contributed by atoms with Crippen LogP contribution in [0.25, 0.3) is 4.96 Å². The van der Waals surface area contributed by atoms with Crippen LogP contribution in [0.1, 0.15) is 16.1 Å². The summed E-state index contributed by atoms with van der Waals surface area (Å²) in [5.41, 5.74) is 7.30. The maximum absolute atomic E-state index is 12.0. The first-order valence-electron chi connectivity index (χ1n) is 5.77. The van der Waals surface area contributed by atoms with Gasteiger partial charge in [0, 0.05) is 27.9 Å². The predicted octanol–water partition coefficient (Wildman–Crippen LogP) is 3.10. The van der Waals surface area contributed by atoms with E-state index in [0.29, 0.717) is 21.4 Å². The molecule has 2 heterocycles. The summed E-state index contributed by atoms with van der Waals surface area (Å²) in [5.74, 6) is -0.430. The molecule has 3 aromatic rings. The Labute approximate surface area is 127 Å². The van der Waals surface area contributed by atoms with Crippen molar-refractivity contribution in [3.05, 3.63) is 51.7 Å². The molecule has 20 heavy (non-hydrogen) atoms. The van der Waals surface area contributed by atoms with Crippen LogP contribution < -0.4 is 5.73 Å². The van der Waals surface area contributed by atoms with E-state index in [1.807, 2.05) is 22.2 Å². The van der Waals surface area contributed by atoms with E-state index in [-0.39, 0.29) is 6.61 Å². The molecule has 0 amide bonds. The van der Waals surface area contributed by atoms with Crippen LogP contribution in [-0.2, 0) is 11.3 Å². The fourth-order valence-electron chi connectivity index (χ4n) is 1.76. The molecule has 2 N–H and O–H groups in total. The van der Waals surface area contributed by atoms with Gasteiger partial charge in [0.25, 0.3) is 0 Å². The number of nitrogens with two attached hydrogens (primary N) is 1. The Morgan fingerprint density at radius 1 is 1.50 bits per heavy atom. The van der Waals surface area contributed by atoms with Crippen molar-refractivity contribution in [2.24, 2.45) is 0 Å². The second-order valence-corrected chi connectivity index (χ2v) is 5.87. The number of fused-ring (bicyclic) bond motifs is 1. The molecule has 0 spiro atoms. The van der Waals surface area contributed by atoms with Gasteiger partial charge in [-0.25, -0.2) is 9.78 Å². The Hall–Kier alpha value is -1.86. The number of carbonyl (C=O) groups excluding carboxylic acids is 1. The van der Waals surface area contributed by atoms with Crippen LogP contribution in [0, 0.1) is 0 Å². The van der Waals surface area contributed by atoms with Crippen molar-refractivity contribution >= 4 is 43.9 Å². The highest BCUT2D eigenvalue weighted by molar-refractivity contribution is 9.10. The number of nitrogens with zero attached hydrogens (tertiary/aromatic N) is 2. The van der Waals surface area contributed by atoms with Crippen molar-refractivity contribution in [3.63, 3.8) is 0 Å². The molecule has 0 atom stereocenters. The van der Waals surface area contributed by atoms with Crippen molar-refractivity contribution in [1.29, 1.82) is 0 Å². The number of anilines is 1.